The second kappa shape index (κ2) is 4.95. The molecule has 1 aromatic carbocycles. The summed E-state index contributed by atoms with van der Waals surface area (Å²) in [5, 5.41) is 0. The van der Waals surface area contributed by atoms with Crippen molar-refractivity contribution in [3.63, 3.8) is 0 Å². The van der Waals surface area contributed by atoms with Gasteiger partial charge < -0.3 is 5.73 Å². The summed E-state index contributed by atoms with van der Waals surface area (Å²) in [4.78, 5) is 0. The van der Waals surface area contributed by atoms with Crippen LogP contribution in [0.3, 0.4) is 0 Å². The molecule has 84 valence electrons. The molecule has 1 aliphatic carbocycles. The normalized spacial score (nSPS) is 17.8. The van der Waals surface area contributed by atoms with E-state index >= 15 is 0 Å². The fraction of sp³-hybridized carbons (Fsp3) is 0.500. The average molecular weight is 230 g/mol. The van der Waals surface area contributed by atoms with E-state index in [-0.39, 0.29) is 24.3 Å². The van der Waals surface area contributed by atoms with Crippen LogP contribution in [0.5, 0.6) is 0 Å². The van der Waals surface area contributed by atoms with Crippen LogP contribution in [-0.4, -0.2) is 0 Å². The van der Waals surface area contributed by atoms with Crippen LogP contribution in [0.2, 0.25) is 0 Å². The number of halogens is 2. The van der Waals surface area contributed by atoms with Crippen molar-refractivity contribution in [1.82, 2.24) is 0 Å². The molecule has 1 fully saturated rings. The molecule has 1 aromatic rings. The van der Waals surface area contributed by atoms with Crippen molar-refractivity contribution in [2.24, 2.45) is 11.7 Å². The Morgan fingerprint density at radius 2 is 2.07 bits per heavy atom. The minimum Gasteiger partial charge on any atom is -0.324 e. The van der Waals surface area contributed by atoms with E-state index in [2.05, 4.69) is 0 Å². The van der Waals surface area contributed by atoms with Crippen LogP contribution in [0.1, 0.15) is 36.4 Å². The summed E-state index contributed by atoms with van der Waals surface area (Å²) < 4.78 is 13.3. The van der Waals surface area contributed by atoms with E-state index in [0.717, 1.165) is 5.56 Å². The Labute approximate surface area is 96.3 Å². The van der Waals surface area contributed by atoms with Gasteiger partial charge in [0.05, 0.1) is 0 Å². The summed E-state index contributed by atoms with van der Waals surface area (Å²) in [6.07, 6.45) is 3.65. The lowest BCUT2D eigenvalue weighted by molar-refractivity contribution is 0.263. The molecule has 0 amide bonds. The lowest BCUT2D eigenvalue weighted by Gasteiger charge is -2.32. The summed E-state index contributed by atoms with van der Waals surface area (Å²) in [7, 11) is 0. The number of nitrogens with two attached hydrogens (primary N) is 1. The van der Waals surface area contributed by atoms with E-state index in [1.165, 1.54) is 25.3 Å². The standard InChI is InChI=1S/C12H16FN.ClH/c1-8-10(6-3-7-11(8)13)12(14)9-4-2-5-9;/h3,6-7,9,12H,2,4-5,14H2,1H3;1H/t12-;/m1./s1. The highest BCUT2D eigenvalue weighted by molar-refractivity contribution is 5.85. The molecule has 1 saturated carbocycles. The zero-order valence-corrected chi connectivity index (χ0v) is 9.69. The molecule has 0 saturated heterocycles. The van der Waals surface area contributed by atoms with Crippen molar-refractivity contribution in [2.75, 3.05) is 0 Å². The Kier molecular flexibility index (Phi) is 4.12. The molecule has 2 rings (SSSR count). The molecule has 0 aliphatic heterocycles. The van der Waals surface area contributed by atoms with E-state index in [1.54, 1.807) is 6.07 Å². The Morgan fingerprint density at radius 1 is 1.40 bits per heavy atom. The van der Waals surface area contributed by atoms with Gasteiger partial charge in [0.15, 0.2) is 0 Å². The van der Waals surface area contributed by atoms with E-state index in [0.29, 0.717) is 11.5 Å². The molecule has 0 heterocycles. The van der Waals surface area contributed by atoms with Gasteiger partial charge in [0.1, 0.15) is 5.82 Å². The van der Waals surface area contributed by atoms with E-state index in [4.69, 9.17) is 5.73 Å². The van der Waals surface area contributed by atoms with Crippen molar-refractivity contribution in [2.45, 2.75) is 32.2 Å². The van der Waals surface area contributed by atoms with Gasteiger partial charge in [-0.1, -0.05) is 18.6 Å². The van der Waals surface area contributed by atoms with Gasteiger partial charge in [0.2, 0.25) is 0 Å². The smallest absolute Gasteiger partial charge is 0.126 e. The summed E-state index contributed by atoms with van der Waals surface area (Å²) >= 11 is 0. The first-order valence-electron chi connectivity index (χ1n) is 5.20. The monoisotopic (exact) mass is 229 g/mol. The summed E-state index contributed by atoms with van der Waals surface area (Å²) in [5.74, 6) is 0.424. The second-order valence-electron chi connectivity index (χ2n) is 4.17. The van der Waals surface area contributed by atoms with Crippen LogP contribution < -0.4 is 5.73 Å². The molecule has 3 heteroatoms. The molecule has 1 atom stereocenters. The Balaban J connectivity index is 0.00000112. The second-order valence-corrected chi connectivity index (χ2v) is 4.17. The summed E-state index contributed by atoms with van der Waals surface area (Å²) in [6, 6.07) is 5.21. The van der Waals surface area contributed by atoms with Crippen molar-refractivity contribution in [3.8, 4) is 0 Å². The quantitative estimate of drug-likeness (QED) is 0.827. The van der Waals surface area contributed by atoms with Gasteiger partial charge in [-0.15, -0.1) is 12.4 Å². The SMILES string of the molecule is Cc1c(F)cccc1[C@H](N)C1CCC1.Cl. The van der Waals surface area contributed by atoms with Crippen LogP contribution in [0, 0.1) is 18.7 Å². The molecule has 15 heavy (non-hydrogen) atoms. The van der Waals surface area contributed by atoms with Crippen molar-refractivity contribution < 1.29 is 4.39 Å². The highest BCUT2D eigenvalue weighted by Crippen LogP contribution is 2.37. The van der Waals surface area contributed by atoms with Crippen LogP contribution in [0.15, 0.2) is 18.2 Å². The Morgan fingerprint density at radius 3 is 2.60 bits per heavy atom. The fourth-order valence-electron chi connectivity index (χ4n) is 2.04. The third-order valence-corrected chi connectivity index (χ3v) is 3.33. The van der Waals surface area contributed by atoms with Crippen LogP contribution in [-0.2, 0) is 0 Å². The number of hydrogen-bond donors (Lipinski definition) is 1. The molecular formula is C12H17ClFN. The van der Waals surface area contributed by atoms with E-state index < -0.39 is 0 Å². The molecule has 0 unspecified atom stereocenters. The maximum atomic E-state index is 13.3. The van der Waals surface area contributed by atoms with Gasteiger partial charge in [-0.25, -0.2) is 4.39 Å². The van der Waals surface area contributed by atoms with Gasteiger partial charge in [-0.3, -0.25) is 0 Å². The average Bonchev–Trinajstić information content (AvgIpc) is 2.06. The van der Waals surface area contributed by atoms with Crippen LogP contribution in [0.25, 0.3) is 0 Å². The topological polar surface area (TPSA) is 26.0 Å². The molecule has 0 bridgehead atoms. The van der Waals surface area contributed by atoms with Crippen molar-refractivity contribution >= 4 is 12.4 Å². The third-order valence-electron chi connectivity index (χ3n) is 3.33. The van der Waals surface area contributed by atoms with Crippen LogP contribution >= 0.6 is 12.4 Å². The highest BCUT2D eigenvalue weighted by Gasteiger charge is 2.26. The molecule has 0 radical (unpaired) electrons. The molecule has 0 spiro atoms. The molecule has 1 nitrogen and oxygen atoms in total. The summed E-state index contributed by atoms with van der Waals surface area (Å²) in [6.45, 7) is 1.81. The van der Waals surface area contributed by atoms with Gasteiger partial charge in [-0.05, 0) is 42.9 Å². The predicted octanol–water partition coefficient (Wildman–Crippen LogP) is 3.36. The van der Waals surface area contributed by atoms with Gasteiger partial charge >= 0.3 is 0 Å². The maximum absolute atomic E-state index is 13.3. The van der Waals surface area contributed by atoms with Gasteiger partial charge in [-0.2, -0.15) is 0 Å². The molecule has 0 aromatic heterocycles. The molecule has 1 aliphatic rings. The van der Waals surface area contributed by atoms with E-state index in [9.17, 15) is 4.39 Å². The zero-order valence-electron chi connectivity index (χ0n) is 8.87. The maximum Gasteiger partial charge on any atom is 0.126 e. The number of hydrogen-bond acceptors (Lipinski definition) is 1. The fourth-order valence-corrected chi connectivity index (χ4v) is 2.04. The number of rotatable bonds is 2. The predicted molar refractivity (Wildman–Crippen MR) is 62.7 cm³/mol. The highest BCUT2D eigenvalue weighted by atomic mass is 35.5. The first kappa shape index (κ1) is 12.5. The first-order chi connectivity index (χ1) is 6.70. The molecule has 2 N–H and O–H groups in total. The zero-order chi connectivity index (χ0) is 10.1. The lowest BCUT2D eigenvalue weighted by atomic mass is 9.77. The van der Waals surface area contributed by atoms with E-state index in [1.807, 2.05) is 13.0 Å². The van der Waals surface area contributed by atoms with Crippen LogP contribution in [0.4, 0.5) is 4.39 Å². The number of benzene rings is 1. The lowest BCUT2D eigenvalue weighted by Crippen LogP contribution is -2.27. The largest absolute Gasteiger partial charge is 0.324 e. The minimum absolute atomic E-state index is 0. The van der Waals surface area contributed by atoms with Gasteiger partial charge in [0, 0.05) is 6.04 Å². The minimum atomic E-state index is -0.141. The third kappa shape index (κ3) is 2.32. The Bertz CT molecular complexity index is 336. The summed E-state index contributed by atoms with van der Waals surface area (Å²) in [5.41, 5.74) is 7.80. The van der Waals surface area contributed by atoms with Crippen molar-refractivity contribution in [1.29, 1.82) is 0 Å². The first-order valence-corrected chi connectivity index (χ1v) is 5.20. The van der Waals surface area contributed by atoms with Crippen molar-refractivity contribution in [3.05, 3.63) is 35.1 Å². The molecular weight excluding hydrogens is 213 g/mol. The Hall–Kier alpha value is -0.600. The van der Waals surface area contributed by atoms with Gasteiger partial charge in [0.25, 0.3) is 0 Å².